The summed E-state index contributed by atoms with van der Waals surface area (Å²) in [7, 11) is -3.11. The van der Waals surface area contributed by atoms with Gasteiger partial charge in [0.1, 0.15) is 0 Å². The molecule has 2 fully saturated rings. The fourth-order valence-corrected chi connectivity index (χ4v) is 3.45. The predicted octanol–water partition coefficient (Wildman–Crippen LogP) is -0.111. The van der Waals surface area contributed by atoms with Crippen LogP contribution in [0.3, 0.4) is 0 Å². The Bertz CT molecular complexity index is 426. The molecule has 0 aliphatic carbocycles. The Morgan fingerprint density at radius 3 is 2.55 bits per heavy atom. The number of hydrogen-bond acceptors (Lipinski definition) is 4. The van der Waals surface area contributed by atoms with Crippen molar-refractivity contribution in [3.8, 4) is 0 Å². The molecule has 0 bridgehead atoms. The monoisotopic (exact) mass is 305 g/mol. The van der Waals surface area contributed by atoms with Gasteiger partial charge in [-0.1, -0.05) is 0 Å². The van der Waals surface area contributed by atoms with Crippen molar-refractivity contribution in [1.82, 2.24) is 14.9 Å². The predicted molar refractivity (Wildman–Crippen MR) is 74.9 cm³/mol. The minimum atomic E-state index is -3.11. The van der Waals surface area contributed by atoms with E-state index in [0.717, 1.165) is 19.4 Å². The van der Waals surface area contributed by atoms with E-state index >= 15 is 0 Å². The van der Waals surface area contributed by atoms with Gasteiger partial charge in [-0.2, -0.15) is 0 Å². The smallest absolute Gasteiger partial charge is 0.315 e. The first-order valence-electron chi connectivity index (χ1n) is 7.06. The lowest BCUT2D eigenvalue weighted by Crippen LogP contribution is -2.49. The highest BCUT2D eigenvalue weighted by molar-refractivity contribution is 7.88. The van der Waals surface area contributed by atoms with Crippen LogP contribution in [0.2, 0.25) is 0 Å². The number of amides is 2. The molecule has 2 aliphatic heterocycles. The number of rotatable bonds is 4. The molecular weight excluding hydrogens is 282 g/mol. The number of nitrogens with one attached hydrogen (secondary N) is 2. The van der Waals surface area contributed by atoms with Crippen LogP contribution in [0.15, 0.2) is 0 Å². The second-order valence-corrected chi connectivity index (χ2v) is 7.41. The molecule has 0 unspecified atom stereocenters. The van der Waals surface area contributed by atoms with Crippen molar-refractivity contribution < 1.29 is 17.9 Å². The SMILES string of the molecule is CS(=O)(=O)N1CCC(NC(=O)NC[C@@H]2CCCO2)CC1. The Morgan fingerprint density at radius 2 is 2.00 bits per heavy atom. The summed E-state index contributed by atoms with van der Waals surface area (Å²) in [5.41, 5.74) is 0. The molecule has 2 amide bonds. The Morgan fingerprint density at radius 1 is 1.30 bits per heavy atom. The fourth-order valence-electron chi connectivity index (χ4n) is 2.58. The number of hydrogen-bond donors (Lipinski definition) is 2. The molecule has 116 valence electrons. The molecule has 2 N–H and O–H groups in total. The summed E-state index contributed by atoms with van der Waals surface area (Å²) in [6, 6.07) is -0.157. The van der Waals surface area contributed by atoms with Gasteiger partial charge in [0.2, 0.25) is 10.0 Å². The molecule has 8 heteroatoms. The average molecular weight is 305 g/mol. The summed E-state index contributed by atoms with van der Waals surface area (Å²) in [5, 5.41) is 5.69. The number of piperidine rings is 1. The van der Waals surface area contributed by atoms with Crippen LogP contribution >= 0.6 is 0 Å². The van der Waals surface area contributed by atoms with Crippen molar-refractivity contribution in [2.45, 2.75) is 37.8 Å². The quantitative estimate of drug-likeness (QED) is 0.758. The Kier molecular flexibility index (Phi) is 5.22. The van der Waals surface area contributed by atoms with E-state index < -0.39 is 10.0 Å². The van der Waals surface area contributed by atoms with Crippen LogP contribution in [-0.4, -0.2) is 63.4 Å². The van der Waals surface area contributed by atoms with Crippen molar-refractivity contribution in [3.05, 3.63) is 0 Å². The Hall–Kier alpha value is -0.860. The number of ether oxygens (including phenoxy) is 1. The van der Waals surface area contributed by atoms with E-state index in [2.05, 4.69) is 10.6 Å². The van der Waals surface area contributed by atoms with E-state index in [1.165, 1.54) is 10.6 Å². The van der Waals surface area contributed by atoms with Gasteiger partial charge >= 0.3 is 6.03 Å². The van der Waals surface area contributed by atoms with Gasteiger partial charge in [0, 0.05) is 32.3 Å². The number of sulfonamides is 1. The first kappa shape index (κ1) is 15.5. The molecule has 2 aliphatic rings. The molecular formula is C12H23N3O4S. The molecule has 2 heterocycles. The maximum absolute atomic E-state index is 11.7. The van der Waals surface area contributed by atoms with Crippen molar-refractivity contribution >= 4 is 16.1 Å². The number of nitrogens with zero attached hydrogens (tertiary/aromatic N) is 1. The van der Waals surface area contributed by atoms with E-state index in [0.29, 0.717) is 32.5 Å². The molecule has 7 nitrogen and oxygen atoms in total. The van der Waals surface area contributed by atoms with E-state index in [-0.39, 0.29) is 18.2 Å². The highest BCUT2D eigenvalue weighted by atomic mass is 32.2. The van der Waals surface area contributed by atoms with Crippen LogP contribution in [0.4, 0.5) is 4.79 Å². The third kappa shape index (κ3) is 4.60. The first-order valence-corrected chi connectivity index (χ1v) is 8.91. The molecule has 0 radical (unpaired) electrons. The van der Waals surface area contributed by atoms with Gasteiger partial charge in [0.05, 0.1) is 12.4 Å². The fraction of sp³-hybridized carbons (Fsp3) is 0.917. The van der Waals surface area contributed by atoms with E-state index in [1.807, 2.05) is 0 Å². The lowest BCUT2D eigenvalue weighted by atomic mass is 10.1. The summed E-state index contributed by atoms with van der Waals surface area (Å²) in [5.74, 6) is 0. The highest BCUT2D eigenvalue weighted by Crippen LogP contribution is 2.13. The van der Waals surface area contributed by atoms with Crippen molar-refractivity contribution in [2.24, 2.45) is 0 Å². The summed E-state index contributed by atoms with van der Waals surface area (Å²) in [4.78, 5) is 11.7. The summed E-state index contributed by atoms with van der Waals surface area (Å²) >= 11 is 0. The van der Waals surface area contributed by atoms with Crippen LogP contribution in [-0.2, 0) is 14.8 Å². The summed E-state index contributed by atoms with van der Waals surface area (Å²) in [6.45, 7) is 2.25. The molecule has 20 heavy (non-hydrogen) atoms. The Labute approximate surface area is 120 Å². The molecule has 2 rings (SSSR count). The second-order valence-electron chi connectivity index (χ2n) is 5.43. The molecule has 0 aromatic heterocycles. The maximum Gasteiger partial charge on any atom is 0.315 e. The van der Waals surface area contributed by atoms with Crippen molar-refractivity contribution in [3.63, 3.8) is 0 Å². The topological polar surface area (TPSA) is 87.7 Å². The van der Waals surface area contributed by atoms with E-state index in [1.54, 1.807) is 0 Å². The lowest BCUT2D eigenvalue weighted by Gasteiger charge is -2.30. The third-order valence-electron chi connectivity index (χ3n) is 3.77. The van der Waals surface area contributed by atoms with Gasteiger partial charge in [-0.25, -0.2) is 17.5 Å². The Balaban J connectivity index is 1.65. The molecule has 2 saturated heterocycles. The minimum Gasteiger partial charge on any atom is -0.376 e. The zero-order valence-electron chi connectivity index (χ0n) is 11.8. The van der Waals surface area contributed by atoms with Gasteiger partial charge in [-0.3, -0.25) is 0 Å². The van der Waals surface area contributed by atoms with Crippen LogP contribution in [0.5, 0.6) is 0 Å². The van der Waals surface area contributed by atoms with Crippen LogP contribution < -0.4 is 10.6 Å². The van der Waals surface area contributed by atoms with Gasteiger partial charge in [-0.15, -0.1) is 0 Å². The number of urea groups is 1. The standard InChI is InChI=1S/C12H23N3O4S/c1-20(17,18)15-6-4-10(5-7-15)14-12(16)13-9-11-3-2-8-19-11/h10-11H,2-9H2,1H3,(H2,13,14,16)/t11-/m0/s1. The molecule has 0 saturated carbocycles. The minimum absolute atomic E-state index is 0.0393. The lowest BCUT2D eigenvalue weighted by molar-refractivity contribution is 0.111. The zero-order chi connectivity index (χ0) is 14.6. The van der Waals surface area contributed by atoms with Crippen LogP contribution in [0, 0.1) is 0 Å². The van der Waals surface area contributed by atoms with Crippen molar-refractivity contribution in [1.29, 1.82) is 0 Å². The average Bonchev–Trinajstić information content (AvgIpc) is 2.89. The largest absolute Gasteiger partial charge is 0.376 e. The molecule has 1 atom stereocenters. The number of carbonyl (C=O) groups excluding carboxylic acids is 1. The molecule has 0 aromatic rings. The third-order valence-corrected chi connectivity index (χ3v) is 5.08. The van der Waals surface area contributed by atoms with Crippen LogP contribution in [0.1, 0.15) is 25.7 Å². The highest BCUT2D eigenvalue weighted by Gasteiger charge is 2.26. The maximum atomic E-state index is 11.7. The summed E-state index contributed by atoms with van der Waals surface area (Å²) < 4.78 is 29.6. The molecule has 0 aromatic carbocycles. The first-order chi connectivity index (χ1) is 9.45. The van der Waals surface area contributed by atoms with Crippen molar-refractivity contribution in [2.75, 3.05) is 32.5 Å². The summed E-state index contributed by atoms with van der Waals surface area (Å²) in [6.07, 6.45) is 4.70. The van der Waals surface area contributed by atoms with E-state index in [4.69, 9.17) is 4.74 Å². The zero-order valence-corrected chi connectivity index (χ0v) is 12.6. The van der Waals surface area contributed by atoms with E-state index in [9.17, 15) is 13.2 Å². The van der Waals surface area contributed by atoms with Gasteiger partial charge in [0.15, 0.2) is 0 Å². The van der Waals surface area contributed by atoms with Gasteiger partial charge in [0.25, 0.3) is 0 Å². The normalized spacial score (nSPS) is 25.6. The molecule has 0 spiro atoms. The van der Waals surface area contributed by atoms with Crippen LogP contribution in [0.25, 0.3) is 0 Å². The van der Waals surface area contributed by atoms with Gasteiger partial charge < -0.3 is 15.4 Å². The second kappa shape index (κ2) is 6.73. The number of carbonyl (C=O) groups is 1. The van der Waals surface area contributed by atoms with Gasteiger partial charge in [-0.05, 0) is 25.7 Å².